The maximum atomic E-state index is 13.0. The summed E-state index contributed by atoms with van der Waals surface area (Å²) in [7, 11) is 0. The van der Waals surface area contributed by atoms with Crippen molar-refractivity contribution in [3.8, 4) is 6.07 Å². The van der Waals surface area contributed by atoms with Crippen molar-refractivity contribution in [2.45, 2.75) is 19.4 Å². The van der Waals surface area contributed by atoms with Gasteiger partial charge in [0.25, 0.3) is 5.91 Å². The summed E-state index contributed by atoms with van der Waals surface area (Å²) in [6.07, 6.45) is -0.327. The number of carbonyl (C=O) groups excluding carboxylic acids is 1. The minimum atomic E-state index is -1.08. The first-order chi connectivity index (χ1) is 11.4. The minimum Gasteiger partial charge on any atom is -0.481 e. The number of hydrogen-bond acceptors (Lipinski definition) is 3. The summed E-state index contributed by atoms with van der Waals surface area (Å²) >= 11 is 0. The Bertz CT molecular complexity index is 810. The topological polar surface area (TPSA) is 90.2 Å². The highest BCUT2D eigenvalue weighted by Crippen LogP contribution is 2.19. The maximum absolute atomic E-state index is 13.0. The molecule has 0 radical (unpaired) electrons. The van der Waals surface area contributed by atoms with Gasteiger partial charge in [-0.15, -0.1) is 0 Å². The summed E-state index contributed by atoms with van der Waals surface area (Å²) in [5.41, 5.74) is 1.90. The van der Waals surface area contributed by atoms with Gasteiger partial charge in [0.2, 0.25) is 0 Å². The lowest BCUT2D eigenvalue weighted by molar-refractivity contribution is -0.137. The lowest BCUT2D eigenvalue weighted by Crippen LogP contribution is -2.30. The number of nitrogens with one attached hydrogen (secondary N) is 1. The van der Waals surface area contributed by atoms with Crippen molar-refractivity contribution in [2.75, 3.05) is 0 Å². The van der Waals surface area contributed by atoms with Gasteiger partial charge in [-0.2, -0.15) is 5.26 Å². The highest BCUT2D eigenvalue weighted by Gasteiger charge is 2.20. The molecule has 2 aromatic carbocycles. The smallest absolute Gasteiger partial charge is 0.305 e. The predicted molar refractivity (Wildman–Crippen MR) is 84.8 cm³/mol. The van der Waals surface area contributed by atoms with Gasteiger partial charge in [0.1, 0.15) is 5.82 Å². The number of hydrogen-bond donors (Lipinski definition) is 2. The molecule has 1 unspecified atom stereocenters. The molecule has 0 aliphatic carbocycles. The molecular formula is C18H15FN2O3. The number of rotatable bonds is 5. The highest BCUT2D eigenvalue weighted by atomic mass is 19.1. The van der Waals surface area contributed by atoms with Gasteiger partial charge in [0, 0.05) is 5.56 Å². The molecule has 0 fully saturated rings. The van der Waals surface area contributed by atoms with Crippen molar-refractivity contribution >= 4 is 11.9 Å². The van der Waals surface area contributed by atoms with Gasteiger partial charge in [0.05, 0.1) is 24.1 Å². The third-order valence-electron chi connectivity index (χ3n) is 3.56. The third kappa shape index (κ3) is 4.17. The molecule has 2 N–H and O–H groups in total. The Kier molecular flexibility index (Phi) is 5.27. The predicted octanol–water partition coefficient (Wildman–Crippen LogP) is 2.95. The van der Waals surface area contributed by atoms with E-state index >= 15 is 0 Å². The number of carbonyl (C=O) groups is 2. The van der Waals surface area contributed by atoms with Crippen LogP contribution in [0.25, 0.3) is 0 Å². The molecule has 24 heavy (non-hydrogen) atoms. The van der Waals surface area contributed by atoms with Crippen LogP contribution in [0.5, 0.6) is 0 Å². The van der Waals surface area contributed by atoms with E-state index in [0.29, 0.717) is 22.3 Å². The molecule has 1 atom stereocenters. The molecule has 1 amide bonds. The molecule has 5 nitrogen and oxygen atoms in total. The fourth-order valence-electron chi connectivity index (χ4n) is 2.35. The molecule has 0 bridgehead atoms. The van der Waals surface area contributed by atoms with Gasteiger partial charge >= 0.3 is 5.97 Å². The van der Waals surface area contributed by atoms with Gasteiger partial charge in [-0.1, -0.05) is 12.1 Å². The number of carboxylic acids is 1. The molecule has 6 heteroatoms. The maximum Gasteiger partial charge on any atom is 0.305 e. The number of aryl methyl sites for hydroxylation is 1. The summed E-state index contributed by atoms with van der Waals surface area (Å²) < 4.78 is 13.0. The van der Waals surface area contributed by atoms with Crippen molar-refractivity contribution in [1.82, 2.24) is 5.32 Å². The quantitative estimate of drug-likeness (QED) is 0.884. The van der Waals surface area contributed by atoms with Crippen LogP contribution in [-0.4, -0.2) is 17.0 Å². The molecule has 0 aromatic heterocycles. The van der Waals surface area contributed by atoms with Crippen LogP contribution in [0.2, 0.25) is 0 Å². The molecular weight excluding hydrogens is 311 g/mol. The average molecular weight is 326 g/mol. The van der Waals surface area contributed by atoms with Gasteiger partial charge in [-0.3, -0.25) is 9.59 Å². The molecule has 2 rings (SSSR count). The van der Waals surface area contributed by atoms with E-state index in [0.717, 1.165) is 0 Å². The van der Waals surface area contributed by atoms with Gasteiger partial charge in [0.15, 0.2) is 0 Å². The van der Waals surface area contributed by atoms with E-state index in [2.05, 4.69) is 5.32 Å². The zero-order valence-corrected chi connectivity index (χ0v) is 12.9. The summed E-state index contributed by atoms with van der Waals surface area (Å²) in [5, 5.41) is 20.6. The van der Waals surface area contributed by atoms with E-state index in [1.54, 1.807) is 13.0 Å². The van der Waals surface area contributed by atoms with Crippen LogP contribution < -0.4 is 5.32 Å². The highest BCUT2D eigenvalue weighted by molar-refractivity contribution is 5.96. The third-order valence-corrected chi connectivity index (χ3v) is 3.56. The Morgan fingerprint density at radius 1 is 1.25 bits per heavy atom. The van der Waals surface area contributed by atoms with Crippen LogP contribution in [0.15, 0.2) is 42.5 Å². The Hall–Kier alpha value is -3.20. The first kappa shape index (κ1) is 17.2. The van der Waals surface area contributed by atoms with Gasteiger partial charge < -0.3 is 10.4 Å². The summed E-state index contributed by atoms with van der Waals surface area (Å²) in [6, 6.07) is 11.1. The van der Waals surface area contributed by atoms with E-state index in [-0.39, 0.29) is 6.42 Å². The average Bonchev–Trinajstić information content (AvgIpc) is 2.54. The molecule has 0 aliphatic rings. The summed E-state index contributed by atoms with van der Waals surface area (Å²) in [4.78, 5) is 23.5. The monoisotopic (exact) mass is 326 g/mol. The first-order valence-corrected chi connectivity index (χ1v) is 7.19. The van der Waals surface area contributed by atoms with Crippen LogP contribution in [0.1, 0.15) is 39.5 Å². The van der Waals surface area contributed by atoms with Crippen LogP contribution in [-0.2, 0) is 4.79 Å². The summed E-state index contributed by atoms with van der Waals surface area (Å²) in [6.45, 7) is 1.69. The Labute approximate surface area is 138 Å². The standard InChI is InChI=1S/C18H15FN2O3/c1-11-8-12(10-20)2-7-15(11)18(24)21-16(9-17(22)23)13-3-5-14(19)6-4-13/h2-8,16H,9H2,1H3,(H,21,24)(H,22,23). The Morgan fingerprint density at radius 3 is 2.46 bits per heavy atom. The normalized spacial score (nSPS) is 11.4. The fourth-order valence-corrected chi connectivity index (χ4v) is 2.35. The Balaban J connectivity index is 2.26. The molecule has 0 spiro atoms. The molecule has 0 saturated heterocycles. The molecule has 122 valence electrons. The molecule has 0 saturated carbocycles. The number of aliphatic carboxylic acids is 1. The number of benzene rings is 2. The molecule has 2 aromatic rings. The number of amides is 1. The van der Waals surface area contributed by atoms with Gasteiger partial charge in [-0.25, -0.2) is 4.39 Å². The minimum absolute atomic E-state index is 0.327. The van der Waals surface area contributed by atoms with Crippen molar-refractivity contribution < 1.29 is 19.1 Å². The zero-order valence-electron chi connectivity index (χ0n) is 12.9. The fraction of sp³-hybridized carbons (Fsp3) is 0.167. The van der Waals surface area contributed by atoms with Crippen LogP contribution >= 0.6 is 0 Å². The largest absolute Gasteiger partial charge is 0.481 e. The summed E-state index contributed by atoms with van der Waals surface area (Å²) in [5.74, 6) is -1.98. The van der Waals surface area contributed by atoms with Crippen molar-refractivity contribution in [3.63, 3.8) is 0 Å². The second-order valence-electron chi connectivity index (χ2n) is 5.32. The van der Waals surface area contributed by atoms with Crippen molar-refractivity contribution in [1.29, 1.82) is 5.26 Å². The second kappa shape index (κ2) is 7.38. The van der Waals surface area contributed by atoms with Crippen LogP contribution in [0.3, 0.4) is 0 Å². The SMILES string of the molecule is Cc1cc(C#N)ccc1C(=O)NC(CC(=O)O)c1ccc(F)cc1. The van der Waals surface area contributed by atoms with E-state index in [1.807, 2.05) is 6.07 Å². The lowest BCUT2D eigenvalue weighted by Gasteiger charge is -2.18. The first-order valence-electron chi connectivity index (χ1n) is 7.19. The number of halogens is 1. The van der Waals surface area contributed by atoms with E-state index in [9.17, 15) is 14.0 Å². The van der Waals surface area contributed by atoms with Crippen molar-refractivity contribution in [2.24, 2.45) is 0 Å². The van der Waals surface area contributed by atoms with Gasteiger partial charge in [-0.05, 0) is 48.4 Å². The van der Waals surface area contributed by atoms with E-state index in [1.165, 1.54) is 36.4 Å². The number of nitrogens with zero attached hydrogens (tertiary/aromatic N) is 1. The zero-order chi connectivity index (χ0) is 17.7. The van der Waals surface area contributed by atoms with E-state index in [4.69, 9.17) is 10.4 Å². The Morgan fingerprint density at radius 2 is 1.92 bits per heavy atom. The van der Waals surface area contributed by atoms with Crippen LogP contribution in [0, 0.1) is 24.1 Å². The number of carboxylic acid groups (broad SMARTS) is 1. The lowest BCUT2D eigenvalue weighted by atomic mass is 10.0. The van der Waals surface area contributed by atoms with Crippen molar-refractivity contribution in [3.05, 3.63) is 70.5 Å². The van der Waals surface area contributed by atoms with Crippen LogP contribution in [0.4, 0.5) is 4.39 Å². The molecule has 0 heterocycles. The number of nitriles is 1. The second-order valence-corrected chi connectivity index (χ2v) is 5.32. The molecule has 0 aliphatic heterocycles. The van der Waals surface area contributed by atoms with E-state index < -0.39 is 23.7 Å².